The summed E-state index contributed by atoms with van der Waals surface area (Å²) in [5.74, 6) is 0.479. The van der Waals surface area contributed by atoms with Crippen molar-refractivity contribution in [2.75, 3.05) is 12.4 Å². The fourth-order valence-corrected chi connectivity index (χ4v) is 2.29. The first kappa shape index (κ1) is 11.5. The molecule has 0 bridgehead atoms. The van der Waals surface area contributed by atoms with Gasteiger partial charge in [-0.1, -0.05) is 15.9 Å². The molecule has 1 aromatic rings. The second-order valence-electron chi connectivity index (χ2n) is 2.65. The predicted octanol–water partition coefficient (Wildman–Crippen LogP) is 3.18. The van der Waals surface area contributed by atoms with E-state index in [1.807, 2.05) is 6.07 Å². The molecule has 0 saturated heterocycles. The third-order valence-corrected chi connectivity index (χ3v) is 2.62. The summed E-state index contributed by atoms with van der Waals surface area (Å²) in [6.45, 7) is 1.45. The highest BCUT2D eigenvalue weighted by atomic mass is 79.9. The number of methoxy groups -OCH3 is 1. The number of halogens is 2. The van der Waals surface area contributed by atoms with Crippen LogP contribution in [-0.4, -0.2) is 13.0 Å². The van der Waals surface area contributed by atoms with E-state index in [2.05, 4.69) is 37.2 Å². The maximum atomic E-state index is 10.9. The highest BCUT2D eigenvalue weighted by Crippen LogP contribution is 2.35. The first-order valence-corrected chi connectivity index (χ1v) is 5.44. The molecule has 0 aliphatic rings. The van der Waals surface area contributed by atoms with Crippen molar-refractivity contribution in [2.24, 2.45) is 0 Å². The van der Waals surface area contributed by atoms with Gasteiger partial charge in [0, 0.05) is 15.9 Å². The van der Waals surface area contributed by atoms with Crippen molar-refractivity contribution in [3.63, 3.8) is 0 Å². The Labute approximate surface area is 99.1 Å². The molecule has 3 nitrogen and oxygen atoms in total. The van der Waals surface area contributed by atoms with Crippen molar-refractivity contribution < 1.29 is 9.53 Å². The van der Waals surface area contributed by atoms with Gasteiger partial charge >= 0.3 is 0 Å². The van der Waals surface area contributed by atoms with Crippen LogP contribution in [0.15, 0.2) is 21.1 Å². The fraction of sp³-hybridized carbons (Fsp3) is 0.222. The summed E-state index contributed by atoms with van der Waals surface area (Å²) >= 11 is 6.67. The predicted molar refractivity (Wildman–Crippen MR) is 62.7 cm³/mol. The molecule has 5 heteroatoms. The molecule has 0 heterocycles. The third kappa shape index (κ3) is 2.72. The fourth-order valence-electron chi connectivity index (χ4n) is 1.01. The number of nitrogens with one attached hydrogen (secondary N) is 1. The molecule has 0 unspecified atom stereocenters. The van der Waals surface area contributed by atoms with E-state index in [0.717, 1.165) is 8.95 Å². The average Bonchev–Trinajstić information content (AvgIpc) is 2.08. The van der Waals surface area contributed by atoms with Gasteiger partial charge in [0.05, 0.1) is 12.8 Å². The normalized spacial score (nSPS) is 9.71. The standard InChI is InChI=1S/C9H9Br2NO2/c1-5(13)12-9-7(11)3-6(10)4-8(9)14-2/h3-4H,1-2H3,(H,12,13). The van der Waals surface area contributed by atoms with Gasteiger partial charge in [0.25, 0.3) is 0 Å². The van der Waals surface area contributed by atoms with E-state index in [0.29, 0.717) is 11.4 Å². The Bertz CT molecular complexity index is 366. The Morgan fingerprint density at radius 3 is 2.57 bits per heavy atom. The maximum absolute atomic E-state index is 10.9. The summed E-state index contributed by atoms with van der Waals surface area (Å²) in [6.07, 6.45) is 0. The SMILES string of the molecule is COc1cc(Br)cc(Br)c1NC(C)=O. The molecule has 0 radical (unpaired) electrons. The molecule has 0 aliphatic heterocycles. The highest BCUT2D eigenvalue weighted by molar-refractivity contribution is 9.11. The monoisotopic (exact) mass is 321 g/mol. The van der Waals surface area contributed by atoms with Crippen molar-refractivity contribution in [1.29, 1.82) is 0 Å². The lowest BCUT2D eigenvalue weighted by Gasteiger charge is -2.11. The van der Waals surface area contributed by atoms with Crippen molar-refractivity contribution in [3.8, 4) is 5.75 Å². The molecule has 14 heavy (non-hydrogen) atoms. The molecule has 1 rings (SSSR count). The van der Waals surface area contributed by atoms with Crippen LogP contribution >= 0.6 is 31.9 Å². The summed E-state index contributed by atoms with van der Waals surface area (Å²) in [4.78, 5) is 10.9. The van der Waals surface area contributed by atoms with E-state index in [4.69, 9.17) is 4.74 Å². The third-order valence-electron chi connectivity index (χ3n) is 1.54. The quantitative estimate of drug-likeness (QED) is 0.908. The van der Waals surface area contributed by atoms with Gasteiger partial charge in [-0.2, -0.15) is 0 Å². The topological polar surface area (TPSA) is 38.3 Å². The molecule has 0 spiro atoms. The summed E-state index contributed by atoms with van der Waals surface area (Å²) in [5, 5.41) is 2.69. The summed E-state index contributed by atoms with van der Waals surface area (Å²) < 4.78 is 6.79. The van der Waals surface area contributed by atoms with Gasteiger partial charge in [0.2, 0.25) is 5.91 Å². The lowest BCUT2D eigenvalue weighted by molar-refractivity contribution is -0.114. The number of carbonyl (C=O) groups is 1. The first-order valence-electron chi connectivity index (χ1n) is 3.85. The van der Waals surface area contributed by atoms with E-state index in [-0.39, 0.29) is 5.91 Å². The van der Waals surface area contributed by atoms with Crippen LogP contribution in [-0.2, 0) is 4.79 Å². The smallest absolute Gasteiger partial charge is 0.221 e. The Hall–Kier alpha value is -0.550. The Morgan fingerprint density at radius 1 is 1.43 bits per heavy atom. The van der Waals surface area contributed by atoms with E-state index >= 15 is 0 Å². The van der Waals surface area contributed by atoms with Crippen LogP contribution in [0.1, 0.15) is 6.92 Å². The van der Waals surface area contributed by atoms with Gasteiger partial charge < -0.3 is 10.1 Å². The van der Waals surface area contributed by atoms with Gasteiger partial charge in [0.1, 0.15) is 5.75 Å². The molecule has 0 aliphatic carbocycles. The number of hydrogen-bond acceptors (Lipinski definition) is 2. The Kier molecular flexibility index (Phi) is 3.95. The van der Waals surface area contributed by atoms with Gasteiger partial charge in [-0.15, -0.1) is 0 Å². The largest absolute Gasteiger partial charge is 0.494 e. The molecular weight excluding hydrogens is 314 g/mol. The molecule has 1 N–H and O–H groups in total. The van der Waals surface area contributed by atoms with Crippen molar-refractivity contribution >= 4 is 43.5 Å². The van der Waals surface area contributed by atoms with Gasteiger partial charge in [-0.05, 0) is 28.1 Å². The number of carbonyl (C=O) groups excluding carboxylic acids is 1. The van der Waals surface area contributed by atoms with Crippen LogP contribution in [0.3, 0.4) is 0 Å². The minimum Gasteiger partial charge on any atom is -0.494 e. The maximum Gasteiger partial charge on any atom is 0.221 e. The van der Waals surface area contributed by atoms with Crippen LogP contribution < -0.4 is 10.1 Å². The molecule has 76 valence electrons. The van der Waals surface area contributed by atoms with Crippen molar-refractivity contribution in [1.82, 2.24) is 0 Å². The lowest BCUT2D eigenvalue weighted by Crippen LogP contribution is -2.07. The van der Waals surface area contributed by atoms with Gasteiger partial charge in [-0.25, -0.2) is 0 Å². The average molecular weight is 323 g/mol. The second kappa shape index (κ2) is 4.79. The number of amides is 1. The zero-order valence-electron chi connectivity index (χ0n) is 7.73. The zero-order valence-corrected chi connectivity index (χ0v) is 10.9. The van der Waals surface area contributed by atoms with Crippen LogP contribution in [0.2, 0.25) is 0 Å². The van der Waals surface area contributed by atoms with Crippen LogP contribution in [0.4, 0.5) is 5.69 Å². The van der Waals surface area contributed by atoms with E-state index < -0.39 is 0 Å². The van der Waals surface area contributed by atoms with Gasteiger partial charge in [-0.3, -0.25) is 4.79 Å². The Morgan fingerprint density at radius 2 is 2.07 bits per heavy atom. The molecular formula is C9H9Br2NO2. The van der Waals surface area contributed by atoms with Gasteiger partial charge in [0.15, 0.2) is 0 Å². The minimum atomic E-state index is -0.133. The number of hydrogen-bond donors (Lipinski definition) is 1. The molecule has 0 fully saturated rings. The lowest BCUT2D eigenvalue weighted by atomic mass is 10.3. The molecule has 0 saturated carbocycles. The second-order valence-corrected chi connectivity index (χ2v) is 4.42. The van der Waals surface area contributed by atoms with Crippen LogP contribution in [0.25, 0.3) is 0 Å². The van der Waals surface area contributed by atoms with E-state index in [1.54, 1.807) is 13.2 Å². The minimum absolute atomic E-state index is 0.133. The first-order chi connectivity index (χ1) is 6.54. The van der Waals surface area contributed by atoms with Crippen molar-refractivity contribution in [2.45, 2.75) is 6.92 Å². The molecule has 0 aromatic heterocycles. The Balaban J connectivity index is 3.18. The number of ether oxygens (including phenoxy) is 1. The summed E-state index contributed by atoms with van der Waals surface area (Å²) in [6, 6.07) is 3.63. The number of benzene rings is 1. The molecule has 0 atom stereocenters. The van der Waals surface area contributed by atoms with E-state index in [1.165, 1.54) is 6.92 Å². The highest BCUT2D eigenvalue weighted by Gasteiger charge is 2.10. The summed E-state index contributed by atoms with van der Waals surface area (Å²) in [5.41, 5.74) is 0.642. The molecule has 1 amide bonds. The number of rotatable bonds is 2. The summed E-state index contributed by atoms with van der Waals surface area (Å²) in [7, 11) is 1.56. The zero-order chi connectivity index (χ0) is 10.7. The van der Waals surface area contributed by atoms with E-state index in [9.17, 15) is 4.79 Å². The number of anilines is 1. The van der Waals surface area contributed by atoms with Crippen molar-refractivity contribution in [3.05, 3.63) is 21.1 Å². The van der Waals surface area contributed by atoms with Crippen LogP contribution in [0, 0.1) is 0 Å². The van der Waals surface area contributed by atoms with Crippen LogP contribution in [0.5, 0.6) is 5.75 Å². The molecule has 1 aromatic carbocycles.